The molecule has 2 aromatic rings. The third kappa shape index (κ3) is 4.81. The average molecular weight is 736 g/mol. The topological polar surface area (TPSA) is 131 Å². The van der Waals surface area contributed by atoms with Crippen molar-refractivity contribution in [3.05, 3.63) is 59.7 Å². The first-order valence-electron chi connectivity index (χ1n) is 18.8. The molecule has 13 atom stereocenters. The Morgan fingerprint density at radius 3 is 1.98 bits per heavy atom. The van der Waals surface area contributed by atoms with E-state index in [9.17, 15) is 14.7 Å². The van der Waals surface area contributed by atoms with Gasteiger partial charge in [-0.2, -0.15) is 0 Å². The number of carbonyl (C=O) groups excluding carboxylic acids is 2. The molecule has 12 heteroatoms. The molecule has 6 aliphatic rings. The van der Waals surface area contributed by atoms with Crippen molar-refractivity contribution in [2.75, 3.05) is 62.4 Å². The summed E-state index contributed by atoms with van der Waals surface area (Å²) in [6.07, 6.45) is -0.284. The smallest absolute Gasteiger partial charge is 0.338 e. The van der Waals surface area contributed by atoms with Gasteiger partial charge in [0.25, 0.3) is 0 Å². The van der Waals surface area contributed by atoms with Crippen LogP contribution in [0.1, 0.15) is 53.3 Å². The highest BCUT2D eigenvalue weighted by Gasteiger charge is 2.90. The molecule has 8 rings (SSSR count). The predicted molar refractivity (Wildman–Crippen MR) is 191 cm³/mol. The number of aliphatic hydroxyl groups is 1. The van der Waals surface area contributed by atoms with Gasteiger partial charge < -0.3 is 43.0 Å². The summed E-state index contributed by atoms with van der Waals surface area (Å²) in [6.45, 7) is 4.26. The lowest BCUT2D eigenvalue weighted by Crippen LogP contribution is -2.77. The monoisotopic (exact) mass is 735 g/mol. The molecule has 7 bridgehead atoms. The van der Waals surface area contributed by atoms with Gasteiger partial charge in [-0.15, -0.1) is 0 Å². The van der Waals surface area contributed by atoms with Crippen molar-refractivity contribution in [3.8, 4) is 11.5 Å². The van der Waals surface area contributed by atoms with E-state index in [-0.39, 0.29) is 54.3 Å². The van der Waals surface area contributed by atoms with Crippen LogP contribution in [0.3, 0.4) is 0 Å². The number of likely N-dealkylation sites (tertiary alicyclic amines) is 1. The van der Waals surface area contributed by atoms with Crippen molar-refractivity contribution in [2.45, 2.75) is 74.3 Å². The minimum absolute atomic E-state index is 0.0510. The average Bonchev–Trinajstić information content (AvgIpc) is 3.56. The summed E-state index contributed by atoms with van der Waals surface area (Å²) in [6, 6.07) is 13.4. The van der Waals surface area contributed by atoms with E-state index in [1.807, 2.05) is 0 Å². The fraction of sp³-hybridized carbons (Fsp3) is 0.659. The molecule has 5 aliphatic carbocycles. The molecule has 1 aliphatic heterocycles. The summed E-state index contributed by atoms with van der Waals surface area (Å²) in [5, 5.41) is 13.1. The second-order valence-electron chi connectivity index (χ2n) is 16.2. The minimum atomic E-state index is -1.57. The van der Waals surface area contributed by atoms with Crippen LogP contribution >= 0.6 is 0 Å². The maximum Gasteiger partial charge on any atom is 0.338 e. The molecule has 9 unspecified atom stereocenters. The van der Waals surface area contributed by atoms with E-state index in [0.29, 0.717) is 29.2 Å². The molecule has 0 aromatic heterocycles. The number of hydrogen-bond acceptors (Lipinski definition) is 12. The Balaban J connectivity index is 1.35. The minimum Gasteiger partial charge on any atom is -0.497 e. The summed E-state index contributed by atoms with van der Waals surface area (Å²) in [7, 11) is 10.0. The van der Waals surface area contributed by atoms with Gasteiger partial charge in [0.2, 0.25) is 0 Å². The van der Waals surface area contributed by atoms with Crippen LogP contribution < -0.4 is 9.47 Å². The van der Waals surface area contributed by atoms with Gasteiger partial charge in [0, 0.05) is 76.0 Å². The fourth-order valence-electron chi connectivity index (χ4n) is 13.1. The predicted octanol–water partition coefficient (Wildman–Crippen LogP) is 4.02. The molecule has 12 nitrogen and oxygen atoms in total. The van der Waals surface area contributed by atoms with Crippen LogP contribution in [-0.4, -0.2) is 126 Å². The molecule has 2 aromatic carbocycles. The number of fused-ring (bicyclic) bond motifs is 2. The zero-order valence-corrected chi connectivity index (χ0v) is 31.7. The van der Waals surface area contributed by atoms with Gasteiger partial charge >= 0.3 is 11.9 Å². The van der Waals surface area contributed by atoms with Crippen molar-refractivity contribution < 1.29 is 52.6 Å². The normalized spacial score (nSPS) is 41.8. The van der Waals surface area contributed by atoms with Gasteiger partial charge in [-0.3, -0.25) is 4.90 Å². The van der Waals surface area contributed by atoms with Gasteiger partial charge in [-0.05, 0) is 80.3 Å². The lowest BCUT2D eigenvalue weighted by molar-refractivity contribution is -0.282. The molecular formula is C41H53NO11. The summed E-state index contributed by atoms with van der Waals surface area (Å²) in [5.74, 6) is -1.19. The van der Waals surface area contributed by atoms with Gasteiger partial charge in [0.05, 0.1) is 50.3 Å². The Labute approximate surface area is 311 Å². The molecule has 1 heterocycles. The fourth-order valence-corrected chi connectivity index (χ4v) is 13.1. The van der Waals surface area contributed by atoms with E-state index in [4.69, 9.17) is 37.9 Å². The Kier molecular flexibility index (Phi) is 9.14. The molecule has 1 N–H and O–H groups in total. The van der Waals surface area contributed by atoms with Crippen LogP contribution in [0.2, 0.25) is 0 Å². The van der Waals surface area contributed by atoms with Crippen LogP contribution in [0, 0.1) is 34.5 Å². The molecule has 1 spiro atoms. The SMILES string of the molecule is CCN1C[C@]2(COC)CCC(OC)[C@@]34C5C[C@]6(O)C(OC)C[C@@](OC(=O)c7ccc(OC)cc7)(C5C6OC(=O)c5ccc(OC)cc5)C(C(OC)C23)C14. The Bertz CT molecular complexity index is 1700. The second kappa shape index (κ2) is 13.2. The maximum atomic E-state index is 14.6. The highest BCUT2D eigenvalue weighted by atomic mass is 16.6. The van der Waals surface area contributed by atoms with Crippen LogP contribution in [0.15, 0.2) is 48.5 Å². The van der Waals surface area contributed by atoms with Crippen molar-refractivity contribution >= 4 is 11.9 Å². The Morgan fingerprint density at radius 1 is 0.811 bits per heavy atom. The molecule has 0 radical (unpaired) electrons. The third-order valence-electron chi connectivity index (χ3n) is 14.6. The largest absolute Gasteiger partial charge is 0.497 e. The molecule has 1 saturated heterocycles. The first kappa shape index (κ1) is 36.7. The summed E-state index contributed by atoms with van der Waals surface area (Å²) < 4.78 is 49.9. The van der Waals surface area contributed by atoms with Crippen LogP contribution in [0.25, 0.3) is 0 Å². The Hall–Kier alpha value is -3.26. The lowest BCUT2D eigenvalue weighted by atomic mass is 9.43. The number of rotatable bonds is 12. The van der Waals surface area contributed by atoms with Gasteiger partial charge in [0.15, 0.2) is 0 Å². The second-order valence-corrected chi connectivity index (χ2v) is 16.2. The first-order chi connectivity index (χ1) is 25.6. The van der Waals surface area contributed by atoms with Crippen LogP contribution in [-0.2, 0) is 28.4 Å². The molecule has 0 amide bonds. The number of nitrogens with zero attached hydrogens (tertiary/aromatic N) is 1. The van der Waals surface area contributed by atoms with Crippen molar-refractivity contribution in [1.82, 2.24) is 4.90 Å². The number of piperidine rings is 1. The highest BCUT2D eigenvalue weighted by molar-refractivity contribution is 5.90. The van der Waals surface area contributed by atoms with E-state index in [1.54, 1.807) is 91.2 Å². The van der Waals surface area contributed by atoms with Gasteiger partial charge in [-0.1, -0.05) is 6.92 Å². The van der Waals surface area contributed by atoms with E-state index >= 15 is 0 Å². The number of carbonyl (C=O) groups is 2. The summed E-state index contributed by atoms with van der Waals surface area (Å²) >= 11 is 0. The molecule has 53 heavy (non-hydrogen) atoms. The highest BCUT2D eigenvalue weighted by Crippen LogP contribution is 2.80. The summed E-state index contributed by atoms with van der Waals surface area (Å²) in [4.78, 5) is 31.3. The van der Waals surface area contributed by atoms with Gasteiger partial charge in [0.1, 0.15) is 28.8 Å². The van der Waals surface area contributed by atoms with E-state index in [2.05, 4.69) is 11.8 Å². The zero-order valence-electron chi connectivity index (χ0n) is 31.7. The Morgan fingerprint density at radius 2 is 1.43 bits per heavy atom. The van der Waals surface area contributed by atoms with Crippen molar-refractivity contribution in [1.29, 1.82) is 0 Å². The van der Waals surface area contributed by atoms with Crippen molar-refractivity contribution in [2.24, 2.45) is 34.5 Å². The quantitative estimate of drug-likeness (QED) is 0.316. The van der Waals surface area contributed by atoms with Gasteiger partial charge in [-0.25, -0.2) is 9.59 Å². The number of esters is 2. The maximum absolute atomic E-state index is 14.6. The van der Waals surface area contributed by atoms with Crippen LogP contribution in [0.5, 0.6) is 11.5 Å². The summed E-state index contributed by atoms with van der Waals surface area (Å²) in [5.41, 5.74) is -3.00. The molecule has 6 fully saturated rings. The number of ether oxygens (including phenoxy) is 8. The number of benzene rings is 2. The van der Waals surface area contributed by atoms with E-state index in [1.165, 1.54) is 0 Å². The number of hydrogen-bond donors (Lipinski definition) is 1. The first-order valence-corrected chi connectivity index (χ1v) is 18.8. The van der Waals surface area contributed by atoms with Crippen LogP contribution in [0.4, 0.5) is 0 Å². The van der Waals surface area contributed by atoms with E-state index in [0.717, 1.165) is 25.9 Å². The van der Waals surface area contributed by atoms with Crippen molar-refractivity contribution in [3.63, 3.8) is 0 Å². The molecular weight excluding hydrogens is 682 g/mol. The molecule has 288 valence electrons. The zero-order chi connectivity index (χ0) is 37.5. The standard InChI is InChI=1S/C41H53NO11/c1-8-42-21-38(22-46-2)18-17-28(49-5)41-27-19-39(45)29(50-6)20-40(31(34(41)42)32(51-7)33(38)41,53-37(44)24-11-15-26(48-4)16-12-24)30(27)35(39)52-36(43)23-9-13-25(47-3)14-10-23/h9-16,27-35,45H,8,17-22H2,1-7H3/t27?,28?,29?,30?,31?,32?,33?,34?,35?,38-,39-,40+,41-/m0/s1. The third-order valence-corrected chi connectivity index (χ3v) is 14.6. The molecule has 5 saturated carbocycles. The lowest BCUT2D eigenvalue weighted by Gasteiger charge is -2.69. The number of methoxy groups -OCH3 is 6. The van der Waals surface area contributed by atoms with E-state index < -0.39 is 46.7 Å².